The molecule has 0 spiro atoms. The molecule has 0 aliphatic heterocycles. The Hall–Kier alpha value is -0.795. The maximum absolute atomic E-state index is 10.7. The smallest absolute Gasteiger partial charge is 0.444 e. The maximum Gasteiger partial charge on any atom is 0.479 e. The van der Waals surface area contributed by atoms with E-state index in [4.69, 9.17) is 55.5 Å². The van der Waals surface area contributed by atoms with E-state index in [-0.39, 0.29) is 21.0 Å². The van der Waals surface area contributed by atoms with E-state index in [1.165, 1.54) is 23.9 Å². The van der Waals surface area contributed by atoms with Gasteiger partial charge in [-0.25, -0.2) is 0 Å². The summed E-state index contributed by atoms with van der Waals surface area (Å²) >= 11 is 25.9. The maximum atomic E-state index is 10.7. The first kappa shape index (κ1) is 24.8. The van der Waals surface area contributed by atoms with Crippen LogP contribution in [0.2, 0.25) is 20.1 Å². The molecular formula is C19H15B3Cl4O4S. The lowest BCUT2D eigenvalue weighted by Gasteiger charge is -2.22. The van der Waals surface area contributed by atoms with Gasteiger partial charge in [0, 0.05) is 35.9 Å². The van der Waals surface area contributed by atoms with Crippen molar-refractivity contribution in [3.8, 4) is 0 Å². The molecule has 31 heavy (non-hydrogen) atoms. The number of hydrogen-bond donors (Lipinski definition) is 2. The lowest BCUT2D eigenvalue weighted by Crippen LogP contribution is -2.52. The van der Waals surface area contributed by atoms with Crippen molar-refractivity contribution >= 4 is 95.9 Å². The standard InChI is InChI=1S/C19H15B3Cl4O4S/c1-31-19-5-3-2-4-14(19)22(29-20(27)15-10-12(23)6-8-17(15)25)30-21(28)16-11-13(24)7-9-18(16)26/h2-11,27-28H,1H3. The minimum Gasteiger partial charge on any atom is -0.444 e. The van der Waals surface area contributed by atoms with Crippen LogP contribution in [0.1, 0.15) is 0 Å². The van der Waals surface area contributed by atoms with Crippen LogP contribution in [0.4, 0.5) is 0 Å². The van der Waals surface area contributed by atoms with Gasteiger partial charge in [-0.3, -0.25) is 0 Å². The lowest BCUT2D eigenvalue weighted by atomic mass is 9.67. The summed E-state index contributed by atoms with van der Waals surface area (Å²) in [5.74, 6) is 0. The topological polar surface area (TPSA) is 58.9 Å². The summed E-state index contributed by atoms with van der Waals surface area (Å²) in [4.78, 5) is 0.835. The Morgan fingerprint density at radius 2 is 1.19 bits per heavy atom. The summed E-state index contributed by atoms with van der Waals surface area (Å²) < 4.78 is 11.6. The number of benzene rings is 3. The van der Waals surface area contributed by atoms with Crippen LogP contribution in [0.5, 0.6) is 0 Å². The molecule has 0 amide bonds. The molecule has 3 rings (SSSR count). The zero-order valence-electron chi connectivity index (χ0n) is 16.1. The highest BCUT2D eigenvalue weighted by Gasteiger charge is 2.36. The Kier molecular flexibility index (Phi) is 9.11. The van der Waals surface area contributed by atoms with Crippen LogP contribution in [-0.4, -0.2) is 37.7 Å². The fourth-order valence-electron chi connectivity index (χ4n) is 2.83. The third-order valence-corrected chi connectivity index (χ3v) is 6.32. The molecule has 2 N–H and O–H groups in total. The average Bonchev–Trinajstić information content (AvgIpc) is 2.76. The fraction of sp³-hybridized carbons (Fsp3) is 0.0526. The van der Waals surface area contributed by atoms with Crippen molar-refractivity contribution in [1.29, 1.82) is 0 Å². The van der Waals surface area contributed by atoms with Gasteiger partial charge in [-0.1, -0.05) is 64.6 Å². The molecule has 0 fully saturated rings. The van der Waals surface area contributed by atoms with Crippen molar-refractivity contribution in [3.63, 3.8) is 0 Å². The first-order valence-corrected chi connectivity index (χ1v) is 11.7. The van der Waals surface area contributed by atoms with Crippen LogP contribution >= 0.6 is 58.2 Å². The molecule has 0 atom stereocenters. The summed E-state index contributed by atoms with van der Waals surface area (Å²) in [5, 5.41) is 22.8. The Bertz CT molecular complexity index is 1000. The van der Waals surface area contributed by atoms with Gasteiger partial charge in [0.05, 0.1) is 0 Å². The van der Waals surface area contributed by atoms with Crippen molar-refractivity contribution in [2.75, 3.05) is 6.26 Å². The largest absolute Gasteiger partial charge is 0.479 e. The quantitative estimate of drug-likeness (QED) is 0.357. The van der Waals surface area contributed by atoms with Crippen molar-refractivity contribution in [3.05, 3.63) is 80.8 Å². The number of halogens is 4. The van der Waals surface area contributed by atoms with Gasteiger partial charge in [-0.05, 0) is 54.2 Å². The zero-order chi connectivity index (χ0) is 22.5. The fourth-order valence-corrected chi connectivity index (χ4v) is 4.23. The van der Waals surface area contributed by atoms with Crippen LogP contribution in [0.25, 0.3) is 0 Å². The van der Waals surface area contributed by atoms with E-state index in [1.807, 2.05) is 18.4 Å². The second-order valence-electron chi connectivity index (χ2n) is 6.38. The lowest BCUT2D eigenvalue weighted by molar-refractivity contribution is 0.356. The molecule has 12 heteroatoms. The van der Waals surface area contributed by atoms with E-state index >= 15 is 0 Å². The zero-order valence-corrected chi connectivity index (χ0v) is 20.0. The van der Waals surface area contributed by atoms with Crippen LogP contribution in [0.15, 0.2) is 65.6 Å². The van der Waals surface area contributed by atoms with Crippen LogP contribution in [0.3, 0.4) is 0 Å². The monoisotopic (exact) mass is 512 g/mol. The summed E-state index contributed by atoms with van der Waals surface area (Å²) in [7, 11) is -4.12. The van der Waals surface area contributed by atoms with Gasteiger partial charge < -0.3 is 19.2 Å². The molecule has 0 aromatic heterocycles. The Balaban J connectivity index is 1.95. The van der Waals surface area contributed by atoms with Crippen LogP contribution in [-0.2, 0) is 9.14 Å². The summed E-state index contributed by atoms with van der Waals surface area (Å²) in [6.45, 7) is 0. The molecular weight excluding hydrogens is 499 g/mol. The van der Waals surface area contributed by atoms with Gasteiger partial charge in [0.2, 0.25) is 0 Å². The molecule has 0 saturated carbocycles. The van der Waals surface area contributed by atoms with Crippen molar-refractivity contribution in [1.82, 2.24) is 0 Å². The van der Waals surface area contributed by atoms with Crippen molar-refractivity contribution in [2.24, 2.45) is 0 Å². The predicted octanol–water partition coefficient (Wildman–Crippen LogP) is 3.53. The molecule has 4 nitrogen and oxygen atoms in total. The number of hydrogen-bond acceptors (Lipinski definition) is 5. The highest BCUT2D eigenvalue weighted by Crippen LogP contribution is 2.17. The van der Waals surface area contributed by atoms with Gasteiger partial charge >= 0.3 is 21.4 Å². The van der Waals surface area contributed by atoms with Gasteiger partial charge in [-0.15, -0.1) is 11.8 Å². The summed E-state index contributed by atoms with van der Waals surface area (Å²) in [6, 6.07) is 16.6. The number of rotatable bonds is 8. The van der Waals surface area contributed by atoms with Gasteiger partial charge in [-0.2, -0.15) is 0 Å². The first-order chi connectivity index (χ1) is 14.8. The number of thioether (sulfide) groups is 1. The second-order valence-corrected chi connectivity index (χ2v) is 8.92. The van der Waals surface area contributed by atoms with E-state index in [1.54, 1.807) is 36.4 Å². The Morgan fingerprint density at radius 1 is 0.710 bits per heavy atom. The molecule has 0 heterocycles. The highest BCUT2D eigenvalue weighted by atomic mass is 35.5. The molecule has 0 bridgehead atoms. The Morgan fingerprint density at radius 3 is 1.68 bits per heavy atom. The molecule has 0 saturated heterocycles. The third kappa shape index (κ3) is 6.38. The summed E-state index contributed by atoms with van der Waals surface area (Å²) in [6.07, 6.45) is 1.89. The normalized spacial score (nSPS) is 10.8. The molecule has 3 aromatic rings. The molecule has 0 aliphatic rings. The van der Waals surface area contributed by atoms with Crippen molar-refractivity contribution in [2.45, 2.75) is 4.90 Å². The molecule has 3 aromatic carbocycles. The van der Waals surface area contributed by atoms with Gasteiger partial charge in [0.1, 0.15) is 0 Å². The molecule has 0 unspecified atom stereocenters. The van der Waals surface area contributed by atoms with Crippen molar-refractivity contribution < 1.29 is 19.2 Å². The first-order valence-electron chi connectivity index (χ1n) is 9.00. The Labute approximate surface area is 206 Å². The van der Waals surface area contributed by atoms with E-state index < -0.39 is 21.4 Å². The summed E-state index contributed by atoms with van der Waals surface area (Å²) in [5.41, 5.74) is 1.13. The minimum atomic E-state index is -1.48. The molecule has 0 radical (unpaired) electrons. The third-order valence-electron chi connectivity index (χ3n) is 4.35. The predicted molar refractivity (Wildman–Crippen MR) is 134 cm³/mol. The van der Waals surface area contributed by atoms with Crippen LogP contribution < -0.4 is 16.4 Å². The van der Waals surface area contributed by atoms with E-state index in [0.29, 0.717) is 15.5 Å². The average molecular weight is 514 g/mol. The van der Waals surface area contributed by atoms with E-state index in [2.05, 4.69) is 0 Å². The molecule has 0 aliphatic carbocycles. The highest BCUT2D eigenvalue weighted by molar-refractivity contribution is 7.98. The second kappa shape index (κ2) is 11.4. The van der Waals surface area contributed by atoms with E-state index in [9.17, 15) is 10.0 Å². The molecule has 158 valence electrons. The minimum absolute atomic E-state index is 0.264. The van der Waals surface area contributed by atoms with Gasteiger partial charge in [0.15, 0.2) is 0 Å². The van der Waals surface area contributed by atoms with Crippen LogP contribution in [0, 0.1) is 0 Å². The van der Waals surface area contributed by atoms with E-state index in [0.717, 1.165) is 4.90 Å². The van der Waals surface area contributed by atoms with Gasteiger partial charge in [0.25, 0.3) is 0 Å². The SMILES string of the molecule is CSc1ccccc1B(OB(O)c1cc(Cl)ccc1Cl)OB(O)c1cc(Cl)ccc1Cl.